The van der Waals surface area contributed by atoms with Gasteiger partial charge in [-0.25, -0.2) is 0 Å². The van der Waals surface area contributed by atoms with E-state index < -0.39 is 0 Å². The average Bonchev–Trinajstić information content (AvgIpc) is 2.95. The molecule has 5 nitrogen and oxygen atoms in total. The van der Waals surface area contributed by atoms with Gasteiger partial charge in [-0.3, -0.25) is 4.79 Å². The highest BCUT2D eigenvalue weighted by molar-refractivity contribution is 5.94. The lowest BCUT2D eigenvalue weighted by molar-refractivity contribution is 0.0951. The van der Waals surface area contributed by atoms with Crippen molar-refractivity contribution in [2.24, 2.45) is 0 Å². The van der Waals surface area contributed by atoms with Crippen molar-refractivity contribution in [3.05, 3.63) is 23.8 Å². The Kier molecular flexibility index (Phi) is 4.06. The van der Waals surface area contributed by atoms with Crippen LogP contribution in [0.3, 0.4) is 0 Å². The number of fused-ring (bicyclic) bond motifs is 1. The summed E-state index contributed by atoms with van der Waals surface area (Å²) in [6, 6.07) is 5.82. The number of amides is 1. The van der Waals surface area contributed by atoms with Gasteiger partial charge in [0.25, 0.3) is 5.91 Å². The van der Waals surface area contributed by atoms with Gasteiger partial charge in [0.15, 0.2) is 11.5 Å². The molecule has 2 N–H and O–H groups in total. The number of benzene rings is 1. The molecule has 2 aliphatic rings. The van der Waals surface area contributed by atoms with Gasteiger partial charge in [-0.15, -0.1) is 0 Å². The number of hydrogen-bond acceptors (Lipinski definition) is 4. The maximum absolute atomic E-state index is 12.1. The van der Waals surface area contributed by atoms with Gasteiger partial charge in [-0.2, -0.15) is 0 Å². The number of nitrogens with one attached hydrogen (secondary N) is 2. The highest BCUT2D eigenvalue weighted by Gasteiger charge is 2.17. The molecule has 0 bridgehead atoms. The summed E-state index contributed by atoms with van der Waals surface area (Å²) in [7, 11) is 0. The minimum Gasteiger partial charge on any atom is -0.454 e. The van der Waals surface area contributed by atoms with Gasteiger partial charge < -0.3 is 20.1 Å². The average molecular weight is 276 g/mol. The molecule has 1 unspecified atom stereocenters. The van der Waals surface area contributed by atoms with E-state index in [1.165, 1.54) is 19.3 Å². The third-order valence-corrected chi connectivity index (χ3v) is 3.83. The molecule has 0 saturated carbocycles. The molecule has 1 aromatic rings. The summed E-state index contributed by atoms with van der Waals surface area (Å²) in [5, 5.41) is 6.44. The van der Waals surface area contributed by atoms with Gasteiger partial charge in [-0.1, -0.05) is 6.42 Å². The molecular formula is C15H20N2O3. The largest absolute Gasteiger partial charge is 0.454 e. The third-order valence-electron chi connectivity index (χ3n) is 3.83. The Morgan fingerprint density at radius 2 is 2.20 bits per heavy atom. The van der Waals surface area contributed by atoms with Crippen LogP contribution in [-0.2, 0) is 0 Å². The van der Waals surface area contributed by atoms with Crippen molar-refractivity contribution in [3.8, 4) is 11.5 Å². The molecule has 0 aliphatic carbocycles. The van der Waals surface area contributed by atoms with Crippen LogP contribution in [0.25, 0.3) is 0 Å². The summed E-state index contributed by atoms with van der Waals surface area (Å²) in [5.41, 5.74) is 0.617. The molecule has 0 spiro atoms. The highest BCUT2D eigenvalue weighted by Crippen LogP contribution is 2.32. The Morgan fingerprint density at radius 3 is 3.05 bits per heavy atom. The molecule has 1 fully saturated rings. The van der Waals surface area contributed by atoms with Crippen LogP contribution in [0.15, 0.2) is 18.2 Å². The lowest BCUT2D eigenvalue weighted by Gasteiger charge is -2.23. The number of ether oxygens (including phenoxy) is 2. The van der Waals surface area contributed by atoms with E-state index in [1.807, 2.05) is 0 Å². The first-order valence-corrected chi connectivity index (χ1v) is 7.24. The van der Waals surface area contributed by atoms with E-state index in [-0.39, 0.29) is 12.7 Å². The quantitative estimate of drug-likeness (QED) is 0.878. The van der Waals surface area contributed by atoms with E-state index in [9.17, 15) is 4.79 Å². The topological polar surface area (TPSA) is 59.6 Å². The molecule has 1 saturated heterocycles. The molecule has 1 aromatic carbocycles. The van der Waals surface area contributed by atoms with E-state index in [2.05, 4.69) is 10.6 Å². The zero-order chi connectivity index (χ0) is 13.8. The second-order valence-electron chi connectivity index (χ2n) is 5.26. The number of rotatable bonds is 4. The van der Waals surface area contributed by atoms with Gasteiger partial charge in [0.2, 0.25) is 6.79 Å². The molecule has 1 atom stereocenters. The van der Waals surface area contributed by atoms with Crippen LogP contribution in [0.1, 0.15) is 36.0 Å². The molecule has 20 heavy (non-hydrogen) atoms. The molecule has 108 valence electrons. The van der Waals surface area contributed by atoms with E-state index in [0.717, 1.165) is 13.0 Å². The zero-order valence-electron chi connectivity index (χ0n) is 11.5. The SMILES string of the molecule is O=C(NCCC1CCCCN1)c1ccc2c(c1)OCO2. The summed E-state index contributed by atoms with van der Waals surface area (Å²) in [6.07, 6.45) is 4.74. The molecule has 1 amide bonds. The van der Waals surface area contributed by atoms with Crippen molar-refractivity contribution in [2.75, 3.05) is 19.9 Å². The van der Waals surface area contributed by atoms with Crippen LogP contribution < -0.4 is 20.1 Å². The first-order valence-electron chi connectivity index (χ1n) is 7.24. The maximum atomic E-state index is 12.1. The van der Waals surface area contributed by atoms with Crippen LogP contribution in [0.5, 0.6) is 11.5 Å². The first kappa shape index (κ1) is 13.2. The third kappa shape index (κ3) is 3.04. The van der Waals surface area contributed by atoms with Crippen molar-refractivity contribution < 1.29 is 14.3 Å². The fourth-order valence-corrected chi connectivity index (χ4v) is 2.67. The standard InChI is InChI=1S/C15H20N2O3/c18-15(17-8-6-12-3-1-2-7-16-12)11-4-5-13-14(9-11)20-10-19-13/h4-5,9,12,16H,1-3,6-8,10H2,(H,17,18). The lowest BCUT2D eigenvalue weighted by atomic mass is 10.0. The maximum Gasteiger partial charge on any atom is 0.251 e. The molecule has 5 heteroatoms. The normalized spacial score (nSPS) is 20.7. The van der Waals surface area contributed by atoms with Crippen molar-refractivity contribution in [3.63, 3.8) is 0 Å². The Morgan fingerprint density at radius 1 is 1.30 bits per heavy atom. The Bertz CT molecular complexity index is 484. The second kappa shape index (κ2) is 6.13. The highest BCUT2D eigenvalue weighted by atomic mass is 16.7. The summed E-state index contributed by atoms with van der Waals surface area (Å²) in [6.45, 7) is 2.03. The smallest absolute Gasteiger partial charge is 0.251 e. The van der Waals surface area contributed by atoms with Crippen molar-refractivity contribution >= 4 is 5.91 Å². The van der Waals surface area contributed by atoms with Crippen LogP contribution in [0, 0.1) is 0 Å². The summed E-state index contributed by atoms with van der Waals surface area (Å²) in [5.74, 6) is 1.29. The van der Waals surface area contributed by atoms with Crippen LogP contribution >= 0.6 is 0 Å². The Balaban J connectivity index is 1.49. The van der Waals surface area contributed by atoms with E-state index in [1.54, 1.807) is 18.2 Å². The second-order valence-corrected chi connectivity index (χ2v) is 5.26. The van der Waals surface area contributed by atoms with Crippen LogP contribution in [-0.4, -0.2) is 31.8 Å². The van der Waals surface area contributed by atoms with Gasteiger partial charge in [0.05, 0.1) is 0 Å². The molecule has 3 rings (SSSR count). The fourth-order valence-electron chi connectivity index (χ4n) is 2.67. The number of carbonyl (C=O) groups excluding carboxylic acids is 1. The first-order chi connectivity index (χ1) is 9.83. The van der Waals surface area contributed by atoms with Crippen LogP contribution in [0.2, 0.25) is 0 Å². The summed E-state index contributed by atoms with van der Waals surface area (Å²) >= 11 is 0. The minimum atomic E-state index is -0.0564. The Labute approximate surface area is 118 Å². The number of piperidine rings is 1. The predicted octanol–water partition coefficient (Wildman–Crippen LogP) is 1.68. The van der Waals surface area contributed by atoms with Crippen molar-refractivity contribution in [1.82, 2.24) is 10.6 Å². The molecule has 0 aromatic heterocycles. The monoisotopic (exact) mass is 276 g/mol. The lowest BCUT2D eigenvalue weighted by Crippen LogP contribution is -2.37. The van der Waals surface area contributed by atoms with E-state index in [4.69, 9.17) is 9.47 Å². The molecule has 2 heterocycles. The van der Waals surface area contributed by atoms with Gasteiger partial charge in [0.1, 0.15) is 0 Å². The molecule has 2 aliphatic heterocycles. The molecule has 0 radical (unpaired) electrons. The number of carbonyl (C=O) groups is 1. The minimum absolute atomic E-state index is 0.0564. The number of hydrogen-bond donors (Lipinski definition) is 2. The van der Waals surface area contributed by atoms with Crippen LogP contribution in [0.4, 0.5) is 0 Å². The zero-order valence-corrected chi connectivity index (χ0v) is 11.5. The van der Waals surface area contributed by atoms with Gasteiger partial charge in [-0.05, 0) is 44.0 Å². The molecular weight excluding hydrogens is 256 g/mol. The summed E-state index contributed by atoms with van der Waals surface area (Å²) in [4.78, 5) is 12.1. The fraction of sp³-hybridized carbons (Fsp3) is 0.533. The van der Waals surface area contributed by atoms with Gasteiger partial charge in [0, 0.05) is 18.2 Å². The van der Waals surface area contributed by atoms with E-state index >= 15 is 0 Å². The van der Waals surface area contributed by atoms with E-state index in [0.29, 0.717) is 29.6 Å². The van der Waals surface area contributed by atoms with Gasteiger partial charge >= 0.3 is 0 Å². The van der Waals surface area contributed by atoms with Crippen molar-refractivity contribution in [2.45, 2.75) is 31.7 Å². The van der Waals surface area contributed by atoms with Crippen molar-refractivity contribution in [1.29, 1.82) is 0 Å². The Hall–Kier alpha value is -1.75. The summed E-state index contributed by atoms with van der Waals surface area (Å²) < 4.78 is 10.5. The predicted molar refractivity (Wildman–Crippen MR) is 75.2 cm³/mol.